The van der Waals surface area contributed by atoms with Crippen molar-refractivity contribution in [2.24, 2.45) is 0 Å². The Hall–Kier alpha value is -1.63. The van der Waals surface area contributed by atoms with Crippen LogP contribution in [0.3, 0.4) is 0 Å². The fourth-order valence-corrected chi connectivity index (χ4v) is 4.69. The highest BCUT2D eigenvalue weighted by Gasteiger charge is 2.27. The van der Waals surface area contributed by atoms with Gasteiger partial charge in [0, 0.05) is 19.0 Å². The fraction of sp³-hybridized carbons (Fsp3) is 0.480. The Balaban J connectivity index is 1.51. The van der Waals surface area contributed by atoms with Crippen LogP contribution in [0.15, 0.2) is 42.5 Å². The molecule has 2 aromatic rings. The molecule has 174 valence electrons. The molecule has 32 heavy (non-hydrogen) atoms. The number of β-amino-alcohol motifs (C(OH)–C–C–N with tert-alkyl or cyclic N) is 1. The molecule has 0 amide bonds. The third kappa shape index (κ3) is 7.19. The molecule has 5 nitrogen and oxygen atoms in total. The average Bonchev–Trinajstić information content (AvgIpc) is 3.19. The normalized spacial score (nSPS) is 18.6. The standard InChI is InChI=1S/C25H31Cl2NO4/c1-17(22-7-3-2-5-19(22)9-11-25(30)31)32-16-21(29)15-28-12-4-6-20(28)13-18-8-10-23(26)24(27)14-18/h2-3,5,7-8,10,14,17,20-21,29H,4,6,9,11-13,15-16H2,1H3,(H,30,31)/t17-,20+,21-/m1/s1. The largest absolute Gasteiger partial charge is 0.481 e. The Kier molecular flexibility index (Phi) is 9.38. The van der Waals surface area contributed by atoms with Gasteiger partial charge in [-0.3, -0.25) is 9.69 Å². The van der Waals surface area contributed by atoms with E-state index in [0.29, 0.717) is 29.1 Å². The number of rotatable bonds is 11. The summed E-state index contributed by atoms with van der Waals surface area (Å²) in [6.07, 6.45) is 2.79. The van der Waals surface area contributed by atoms with Gasteiger partial charge in [0.15, 0.2) is 0 Å². The lowest BCUT2D eigenvalue weighted by Crippen LogP contribution is -2.39. The number of aliphatic hydroxyl groups excluding tert-OH is 1. The molecule has 1 heterocycles. The number of aliphatic hydroxyl groups is 1. The molecule has 2 aromatic carbocycles. The number of carbonyl (C=O) groups is 1. The number of nitrogens with zero attached hydrogens (tertiary/aromatic N) is 1. The SMILES string of the molecule is C[C@@H](OC[C@H](O)CN1CCC[C@H]1Cc1ccc(Cl)c(Cl)c1)c1ccccc1CCC(=O)O. The number of hydrogen-bond acceptors (Lipinski definition) is 4. The van der Waals surface area contributed by atoms with Crippen LogP contribution >= 0.6 is 23.2 Å². The quantitative estimate of drug-likeness (QED) is 0.465. The summed E-state index contributed by atoms with van der Waals surface area (Å²) in [5, 5.41) is 20.7. The van der Waals surface area contributed by atoms with Crippen molar-refractivity contribution in [1.29, 1.82) is 0 Å². The predicted octanol–water partition coefficient (Wildman–Crippen LogP) is 5.16. The number of likely N-dealkylation sites (tertiary alicyclic amines) is 1. The molecule has 0 aromatic heterocycles. The van der Waals surface area contributed by atoms with Crippen LogP contribution in [0.1, 0.15) is 49.0 Å². The number of carboxylic acids is 1. The van der Waals surface area contributed by atoms with Gasteiger partial charge in [0.25, 0.3) is 0 Å². The van der Waals surface area contributed by atoms with E-state index in [1.165, 1.54) is 0 Å². The number of carboxylic acid groups (broad SMARTS) is 1. The minimum atomic E-state index is -0.815. The third-order valence-electron chi connectivity index (χ3n) is 6.04. The Bertz CT molecular complexity index is 907. The first-order valence-electron chi connectivity index (χ1n) is 11.1. The zero-order chi connectivity index (χ0) is 23.1. The first-order chi connectivity index (χ1) is 15.3. The first-order valence-corrected chi connectivity index (χ1v) is 11.9. The predicted molar refractivity (Wildman–Crippen MR) is 128 cm³/mol. The molecular formula is C25H31Cl2NO4. The van der Waals surface area contributed by atoms with Gasteiger partial charge < -0.3 is 14.9 Å². The summed E-state index contributed by atoms with van der Waals surface area (Å²) < 4.78 is 5.97. The second-order valence-electron chi connectivity index (χ2n) is 8.47. The molecule has 0 aliphatic carbocycles. The van der Waals surface area contributed by atoms with Gasteiger partial charge in [0.2, 0.25) is 0 Å². The molecule has 0 saturated carbocycles. The summed E-state index contributed by atoms with van der Waals surface area (Å²) in [6.45, 7) is 3.68. The topological polar surface area (TPSA) is 70.0 Å². The maximum atomic E-state index is 10.9. The van der Waals surface area contributed by atoms with E-state index in [0.717, 1.165) is 42.5 Å². The van der Waals surface area contributed by atoms with Crippen LogP contribution in [0.2, 0.25) is 10.0 Å². The molecule has 0 spiro atoms. The highest BCUT2D eigenvalue weighted by Crippen LogP contribution is 2.27. The lowest BCUT2D eigenvalue weighted by atomic mass is 9.99. The van der Waals surface area contributed by atoms with Gasteiger partial charge in [-0.1, -0.05) is 53.5 Å². The molecule has 3 atom stereocenters. The average molecular weight is 480 g/mol. The van der Waals surface area contributed by atoms with Gasteiger partial charge in [-0.05, 0) is 68.0 Å². The maximum absolute atomic E-state index is 10.9. The van der Waals surface area contributed by atoms with Crippen molar-refractivity contribution < 1.29 is 19.7 Å². The lowest BCUT2D eigenvalue weighted by molar-refractivity contribution is -0.136. The molecule has 0 unspecified atom stereocenters. The second kappa shape index (κ2) is 12.0. The molecule has 1 aliphatic rings. The second-order valence-corrected chi connectivity index (χ2v) is 9.28. The van der Waals surface area contributed by atoms with Crippen molar-refractivity contribution in [3.63, 3.8) is 0 Å². The Morgan fingerprint density at radius 1 is 1.22 bits per heavy atom. The van der Waals surface area contributed by atoms with Gasteiger partial charge in [-0.2, -0.15) is 0 Å². The Morgan fingerprint density at radius 3 is 2.75 bits per heavy atom. The summed E-state index contributed by atoms with van der Waals surface area (Å²) in [5.41, 5.74) is 3.09. The number of aryl methyl sites for hydroxylation is 1. The van der Waals surface area contributed by atoms with Gasteiger partial charge in [0.05, 0.1) is 28.9 Å². The lowest BCUT2D eigenvalue weighted by Gasteiger charge is -2.27. The summed E-state index contributed by atoms with van der Waals surface area (Å²) in [6, 6.07) is 13.8. The van der Waals surface area contributed by atoms with Crippen molar-refractivity contribution in [2.45, 2.75) is 57.3 Å². The zero-order valence-electron chi connectivity index (χ0n) is 18.3. The summed E-state index contributed by atoms with van der Waals surface area (Å²) >= 11 is 12.2. The molecule has 0 radical (unpaired) electrons. The monoisotopic (exact) mass is 479 g/mol. The molecule has 0 bridgehead atoms. The van der Waals surface area contributed by atoms with Gasteiger partial charge in [-0.25, -0.2) is 0 Å². The van der Waals surface area contributed by atoms with Crippen molar-refractivity contribution in [2.75, 3.05) is 19.7 Å². The summed E-state index contributed by atoms with van der Waals surface area (Å²) in [4.78, 5) is 13.2. The summed E-state index contributed by atoms with van der Waals surface area (Å²) in [5.74, 6) is -0.815. The van der Waals surface area contributed by atoms with Crippen LogP contribution in [0, 0.1) is 0 Å². The Labute approximate surface area is 199 Å². The first kappa shape index (κ1) is 25.0. The van der Waals surface area contributed by atoms with Crippen molar-refractivity contribution >= 4 is 29.2 Å². The highest BCUT2D eigenvalue weighted by atomic mass is 35.5. The number of ether oxygens (including phenoxy) is 1. The molecule has 1 fully saturated rings. The van der Waals surface area contributed by atoms with Crippen LogP contribution in [0.5, 0.6) is 0 Å². The maximum Gasteiger partial charge on any atom is 0.303 e. The third-order valence-corrected chi connectivity index (χ3v) is 6.78. The van der Waals surface area contributed by atoms with Gasteiger partial charge in [0.1, 0.15) is 0 Å². The van der Waals surface area contributed by atoms with E-state index >= 15 is 0 Å². The van der Waals surface area contributed by atoms with E-state index in [2.05, 4.69) is 4.90 Å². The van der Waals surface area contributed by atoms with E-state index in [1.54, 1.807) is 0 Å². The molecule has 3 rings (SSSR count). The minimum absolute atomic E-state index is 0.0849. The summed E-state index contributed by atoms with van der Waals surface area (Å²) in [7, 11) is 0. The van der Waals surface area contributed by atoms with Crippen molar-refractivity contribution in [1.82, 2.24) is 4.90 Å². The van der Waals surface area contributed by atoms with Crippen LogP contribution in [0.4, 0.5) is 0 Å². The smallest absolute Gasteiger partial charge is 0.303 e. The molecule has 1 aliphatic heterocycles. The Morgan fingerprint density at radius 2 is 2.00 bits per heavy atom. The van der Waals surface area contributed by atoms with Gasteiger partial charge >= 0.3 is 5.97 Å². The molecule has 1 saturated heterocycles. The van der Waals surface area contributed by atoms with E-state index in [9.17, 15) is 9.90 Å². The van der Waals surface area contributed by atoms with E-state index in [4.69, 9.17) is 33.0 Å². The highest BCUT2D eigenvalue weighted by molar-refractivity contribution is 6.42. The van der Waals surface area contributed by atoms with E-state index in [-0.39, 0.29) is 19.1 Å². The minimum Gasteiger partial charge on any atom is -0.481 e. The zero-order valence-corrected chi connectivity index (χ0v) is 19.9. The number of benzene rings is 2. The molecule has 2 N–H and O–H groups in total. The van der Waals surface area contributed by atoms with Gasteiger partial charge in [-0.15, -0.1) is 0 Å². The van der Waals surface area contributed by atoms with Crippen LogP contribution in [0.25, 0.3) is 0 Å². The van der Waals surface area contributed by atoms with E-state index in [1.807, 2.05) is 49.4 Å². The van der Waals surface area contributed by atoms with Crippen LogP contribution in [-0.2, 0) is 22.4 Å². The number of hydrogen-bond donors (Lipinski definition) is 2. The molecular weight excluding hydrogens is 449 g/mol. The van der Waals surface area contributed by atoms with Crippen molar-refractivity contribution in [3.8, 4) is 0 Å². The fourth-order valence-electron chi connectivity index (χ4n) is 4.37. The molecule has 7 heteroatoms. The number of aliphatic carboxylic acids is 1. The van der Waals surface area contributed by atoms with Crippen LogP contribution < -0.4 is 0 Å². The van der Waals surface area contributed by atoms with E-state index < -0.39 is 12.1 Å². The van der Waals surface area contributed by atoms with Crippen LogP contribution in [-0.4, -0.2) is 52.9 Å². The van der Waals surface area contributed by atoms with Crippen molar-refractivity contribution in [3.05, 3.63) is 69.2 Å². The number of halogens is 2.